The third-order valence-electron chi connectivity index (χ3n) is 3.56. The lowest BCUT2D eigenvalue weighted by Gasteiger charge is -2.27. The van der Waals surface area contributed by atoms with Gasteiger partial charge in [0.2, 0.25) is 0 Å². The van der Waals surface area contributed by atoms with Gasteiger partial charge in [0, 0.05) is 43.1 Å². The minimum absolute atomic E-state index is 0.188. The number of nitrogens with zero attached hydrogens (tertiary/aromatic N) is 4. The number of pyridine rings is 1. The van der Waals surface area contributed by atoms with E-state index in [2.05, 4.69) is 32.1 Å². The molecule has 5 nitrogen and oxygen atoms in total. The summed E-state index contributed by atoms with van der Waals surface area (Å²) in [7, 11) is 0. The SMILES string of the molecule is C[C@@H](Nc1cc(N2CCSCC2)ncn1)c1ccncc1. The monoisotopic (exact) mass is 301 g/mol. The van der Waals surface area contributed by atoms with E-state index in [0.29, 0.717) is 0 Å². The molecule has 1 saturated heterocycles. The number of anilines is 2. The molecule has 3 heterocycles. The minimum Gasteiger partial charge on any atom is -0.363 e. The van der Waals surface area contributed by atoms with Crippen molar-refractivity contribution in [2.24, 2.45) is 0 Å². The number of hydrogen-bond donors (Lipinski definition) is 1. The van der Waals surface area contributed by atoms with Crippen LogP contribution >= 0.6 is 11.8 Å². The first-order valence-corrected chi connectivity index (χ1v) is 8.29. The summed E-state index contributed by atoms with van der Waals surface area (Å²) >= 11 is 2.00. The predicted octanol–water partition coefficient (Wildman–Crippen LogP) is 2.60. The molecule has 1 aliphatic rings. The Labute approximate surface area is 129 Å². The first-order valence-electron chi connectivity index (χ1n) is 7.14. The molecule has 1 aliphatic heterocycles. The first-order chi connectivity index (χ1) is 10.3. The van der Waals surface area contributed by atoms with Gasteiger partial charge in [-0.3, -0.25) is 4.98 Å². The van der Waals surface area contributed by atoms with Gasteiger partial charge in [-0.15, -0.1) is 0 Å². The molecule has 21 heavy (non-hydrogen) atoms. The van der Waals surface area contributed by atoms with Gasteiger partial charge in [0.05, 0.1) is 6.04 Å². The molecule has 0 bridgehead atoms. The first kappa shape index (κ1) is 14.1. The molecule has 0 radical (unpaired) electrons. The molecule has 110 valence electrons. The number of nitrogens with one attached hydrogen (secondary N) is 1. The average molecular weight is 301 g/mol. The predicted molar refractivity (Wildman–Crippen MR) is 87.8 cm³/mol. The molecule has 0 aromatic carbocycles. The third kappa shape index (κ3) is 3.64. The lowest BCUT2D eigenvalue weighted by atomic mass is 10.1. The fourth-order valence-corrected chi connectivity index (χ4v) is 3.25. The van der Waals surface area contributed by atoms with E-state index in [1.165, 1.54) is 17.1 Å². The fourth-order valence-electron chi connectivity index (χ4n) is 2.35. The van der Waals surface area contributed by atoms with Crippen LogP contribution in [0, 0.1) is 0 Å². The quantitative estimate of drug-likeness (QED) is 0.937. The fraction of sp³-hybridized carbons (Fsp3) is 0.400. The van der Waals surface area contributed by atoms with Crippen molar-refractivity contribution in [3.05, 3.63) is 42.5 Å². The van der Waals surface area contributed by atoms with Crippen LogP contribution in [-0.2, 0) is 0 Å². The lowest BCUT2D eigenvalue weighted by Crippen LogP contribution is -2.33. The Bertz CT molecular complexity index is 571. The molecule has 0 spiro atoms. The molecule has 6 heteroatoms. The molecular weight excluding hydrogens is 282 g/mol. The van der Waals surface area contributed by atoms with Crippen LogP contribution in [0.4, 0.5) is 11.6 Å². The second kappa shape index (κ2) is 6.76. The van der Waals surface area contributed by atoms with Crippen molar-refractivity contribution in [1.29, 1.82) is 0 Å². The molecule has 3 rings (SSSR count). The van der Waals surface area contributed by atoms with Crippen molar-refractivity contribution in [3.63, 3.8) is 0 Å². The smallest absolute Gasteiger partial charge is 0.134 e. The lowest BCUT2D eigenvalue weighted by molar-refractivity contribution is 0.828. The summed E-state index contributed by atoms with van der Waals surface area (Å²) in [6.45, 7) is 4.23. The average Bonchev–Trinajstić information content (AvgIpc) is 2.57. The number of thioether (sulfide) groups is 1. The number of aromatic nitrogens is 3. The van der Waals surface area contributed by atoms with Crippen LogP contribution in [0.15, 0.2) is 36.9 Å². The van der Waals surface area contributed by atoms with Crippen LogP contribution in [0.3, 0.4) is 0 Å². The van der Waals surface area contributed by atoms with Crippen molar-refractivity contribution in [1.82, 2.24) is 15.0 Å². The van der Waals surface area contributed by atoms with Crippen molar-refractivity contribution in [2.75, 3.05) is 34.8 Å². The third-order valence-corrected chi connectivity index (χ3v) is 4.50. The van der Waals surface area contributed by atoms with Crippen LogP contribution < -0.4 is 10.2 Å². The van der Waals surface area contributed by atoms with Gasteiger partial charge < -0.3 is 10.2 Å². The van der Waals surface area contributed by atoms with Gasteiger partial charge in [0.15, 0.2) is 0 Å². The molecule has 0 unspecified atom stereocenters. The molecule has 0 aliphatic carbocycles. The Kier molecular flexibility index (Phi) is 4.55. The molecular formula is C15H19N5S. The largest absolute Gasteiger partial charge is 0.363 e. The Morgan fingerprint density at radius 3 is 2.71 bits per heavy atom. The van der Waals surface area contributed by atoms with Crippen LogP contribution in [0.2, 0.25) is 0 Å². The standard InChI is InChI=1S/C15H19N5S/c1-12(13-2-4-16-5-3-13)19-14-10-15(18-11-17-14)20-6-8-21-9-7-20/h2-5,10-12H,6-9H2,1H3,(H,17,18,19)/t12-/m1/s1. The van der Waals surface area contributed by atoms with Crippen LogP contribution in [0.1, 0.15) is 18.5 Å². The summed E-state index contributed by atoms with van der Waals surface area (Å²) in [6, 6.07) is 6.25. The topological polar surface area (TPSA) is 53.9 Å². The summed E-state index contributed by atoms with van der Waals surface area (Å²) < 4.78 is 0. The Morgan fingerprint density at radius 1 is 1.19 bits per heavy atom. The van der Waals surface area contributed by atoms with Gasteiger partial charge in [-0.1, -0.05) is 0 Å². The maximum absolute atomic E-state index is 4.40. The second-order valence-corrected chi connectivity index (χ2v) is 6.23. The normalized spacial score (nSPS) is 16.5. The van der Waals surface area contributed by atoms with E-state index >= 15 is 0 Å². The molecule has 1 atom stereocenters. The van der Waals surface area contributed by atoms with E-state index < -0.39 is 0 Å². The van der Waals surface area contributed by atoms with E-state index in [4.69, 9.17) is 0 Å². The molecule has 1 fully saturated rings. The Hall–Kier alpha value is -1.82. The van der Waals surface area contributed by atoms with Crippen molar-refractivity contribution in [3.8, 4) is 0 Å². The van der Waals surface area contributed by atoms with E-state index in [-0.39, 0.29) is 6.04 Å². The Balaban J connectivity index is 1.71. The van der Waals surface area contributed by atoms with Gasteiger partial charge in [-0.2, -0.15) is 11.8 Å². The van der Waals surface area contributed by atoms with Crippen LogP contribution in [-0.4, -0.2) is 39.5 Å². The summed E-state index contributed by atoms with van der Waals surface area (Å²) in [5.74, 6) is 4.21. The van der Waals surface area contributed by atoms with Crippen molar-refractivity contribution >= 4 is 23.4 Å². The molecule has 1 N–H and O–H groups in total. The highest BCUT2D eigenvalue weighted by Gasteiger charge is 2.13. The Morgan fingerprint density at radius 2 is 1.95 bits per heavy atom. The van der Waals surface area contributed by atoms with Gasteiger partial charge in [0.25, 0.3) is 0 Å². The van der Waals surface area contributed by atoms with E-state index in [9.17, 15) is 0 Å². The summed E-state index contributed by atoms with van der Waals surface area (Å²) in [5.41, 5.74) is 1.19. The molecule has 0 amide bonds. The zero-order valence-corrected chi connectivity index (χ0v) is 12.9. The highest BCUT2D eigenvalue weighted by molar-refractivity contribution is 7.99. The van der Waals surface area contributed by atoms with Crippen LogP contribution in [0.5, 0.6) is 0 Å². The highest BCUT2D eigenvalue weighted by atomic mass is 32.2. The second-order valence-electron chi connectivity index (χ2n) is 5.01. The molecule has 2 aromatic heterocycles. The maximum atomic E-state index is 4.40. The van der Waals surface area contributed by atoms with E-state index in [1.807, 2.05) is 42.4 Å². The number of hydrogen-bond acceptors (Lipinski definition) is 6. The van der Waals surface area contributed by atoms with Crippen molar-refractivity contribution < 1.29 is 0 Å². The number of rotatable bonds is 4. The van der Waals surface area contributed by atoms with Crippen molar-refractivity contribution in [2.45, 2.75) is 13.0 Å². The van der Waals surface area contributed by atoms with Gasteiger partial charge in [-0.05, 0) is 24.6 Å². The van der Waals surface area contributed by atoms with Gasteiger partial charge in [-0.25, -0.2) is 9.97 Å². The maximum Gasteiger partial charge on any atom is 0.134 e. The minimum atomic E-state index is 0.188. The zero-order valence-electron chi connectivity index (χ0n) is 12.1. The van der Waals surface area contributed by atoms with E-state index in [1.54, 1.807) is 6.33 Å². The summed E-state index contributed by atoms with van der Waals surface area (Å²) in [4.78, 5) is 15.1. The van der Waals surface area contributed by atoms with Crippen LogP contribution in [0.25, 0.3) is 0 Å². The van der Waals surface area contributed by atoms with Gasteiger partial charge in [0.1, 0.15) is 18.0 Å². The summed E-state index contributed by atoms with van der Waals surface area (Å²) in [5, 5.41) is 3.43. The summed E-state index contributed by atoms with van der Waals surface area (Å²) in [6.07, 6.45) is 5.26. The van der Waals surface area contributed by atoms with Gasteiger partial charge >= 0.3 is 0 Å². The molecule has 2 aromatic rings. The highest BCUT2D eigenvalue weighted by Crippen LogP contribution is 2.21. The van der Waals surface area contributed by atoms with E-state index in [0.717, 1.165) is 24.7 Å². The molecule has 0 saturated carbocycles. The zero-order chi connectivity index (χ0) is 14.5.